The van der Waals surface area contributed by atoms with Crippen molar-refractivity contribution in [1.29, 1.82) is 0 Å². The Bertz CT molecular complexity index is 292. The average molecular weight is 237 g/mol. The molecule has 2 N–H and O–H groups in total. The summed E-state index contributed by atoms with van der Waals surface area (Å²) in [7, 11) is 0. The molecule has 96 valence electrons. The van der Waals surface area contributed by atoms with Gasteiger partial charge in [0, 0.05) is 26.2 Å². The smallest absolute Gasteiger partial charge is 0.157 e. The molecule has 0 bridgehead atoms. The third-order valence-corrected chi connectivity index (χ3v) is 2.63. The molecule has 17 heavy (non-hydrogen) atoms. The highest BCUT2D eigenvalue weighted by atomic mass is 16.7. The second-order valence-electron chi connectivity index (χ2n) is 3.90. The Labute approximate surface area is 104 Å². The minimum Gasteiger partial charge on any atom is -0.353 e. The molecule has 0 amide bonds. The van der Waals surface area contributed by atoms with Gasteiger partial charge in [-0.2, -0.15) is 0 Å². The first kappa shape index (κ1) is 14.2. The Kier molecular flexibility index (Phi) is 6.86. The topological polar surface area (TPSA) is 44.5 Å². The molecule has 1 aromatic carbocycles. The number of hydrogen-bond acceptors (Lipinski definition) is 3. The maximum Gasteiger partial charge on any atom is 0.157 e. The lowest BCUT2D eigenvalue weighted by Gasteiger charge is -2.16. The van der Waals surface area contributed by atoms with Gasteiger partial charge in [-0.05, 0) is 31.4 Å². The van der Waals surface area contributed by atoms with Crippen molar-refractivity contribution in [2.45, 2.75) is 39.5 Å². The summed E-state index contributed by atoms with van der Waals surface area (Å²) in [4.78, 5) is 0. The summed E-state index contributed by atoms with van der Waals surface area (Å²) in [6.07, 6.45) is 1.78. The van der Waals surface area contributed by atoms with Crippen LogP contribution in [0.25, 0.3) is 0 Å². The highest BCUT2D eigenvalue weighted by Crippen LogP contribution is 2.10. The normalized spacial score (nSPS) is 11.1. The van der Waals surface area contributed by atoms with Gasteiger partial charge in [-0.3, -0.25) is 0 Å². The molecule has 0 radical (unpaired) electrons. The number of aryl methyl sites for hydroxylation is 1. The van der Waals surface area contributed by atoms with Gasteiger partial charge in [0.1, 0.15) is 0 Å². The fraction of sp³-hybridized carbons (Fsp3) is 0.571. The number of nitrogens with two attached hydrogens (primary N) is 1. The van der Waals surface area contributed by atoms with Crippen LogP contribution in [-0.4, -0.2) is 19.5 Å². The standard InChI is InChI=1S/C14H23NO2/c1-3-16-14(17-4-2)10-9-12-5-7-13(11-15)8-6-12/h5-8,14H,3-4,9-11,15H2,1-2H3. The molecule has 0 aliphatic rings. The third-order valence-electron chi connectivity index (χ3n) is 2.63. The lowest BCUT2D eigenvalue weighted by Crippen LogP contribution is -2.18. The predicted octanol–water partition coefficient (Wildman–Crippen LogP) is 2.48. The van der Waals surface area contributed by atoms with Crippen LogP contribution in [0.1, 0.15) is 31.4 Å². The van der Waals surface area contributed by atoms with E-state index >= 15 is 0 Å². The Morgan fingerprint density at radius 3 is 2.00 bits per heavy atom. The SMILES string of the molecule is CCOC(CCc1ccc(CN)cc1)OCC. The number of ether oxygens (including phenoxy) is 2. The average Bonchev–Trinajstić information content (AvgIpc) is 2.37. The lowest BCUT2D eigenvalue weighted by atomic mass is 10.1. The fourth-order valence-electron chi connectivity index (χ4n) is 1.71. The van der Waals surface area contributed by atoms with E-state index < -0.39 is 0 Å². The molecule has 1 rings (SSSR count). The van der Waals surface area contributed by atoms with E-state index in [1.807, 2.05) is 13.8 Å². The first-order chi connectivity index (χ1) is 8.30. The molecule has 0 aliphatic heterocycles. The molecule has 0 spiro atoms. The van der Waals surface area contributed by atoms with Gasteiger partial charge in [0.2, 0.25) is 0 Å². The number of rotatable bonds is 8. The van der Waals surface area contributed by atoms with Gasteiger partial charge >= 0.3 is 0 Å². The van der Waals surface area contributed by atoms with Crippen molar-refractivity contribution in [3.8, 4) is 0 Å². The van der Waals surface area contributed by atoms with Gasteiger partial charge in [0.05, 0.1) is 0 Å². The van der Waals surface area contributed by atoms with Crippen molar-refractivity contribution in [3.05, 3.63) is 35.4 Å². The Morgan fingerprint density at radius 2 is 1.53 bits per heavy atom. The van der Waals surface area contributed by atoms with E-state index in [-0.39, 0.29) is 6.29 Å². The van der Waals surface area contributed by atoms with E-state index in [9.17, 15) is 0 Å². The molecule has 0 unspecified atom stereocenters. The summed E-state index contributed by atoms with van der Waals surface area (Å²) < 4.78 is 11.0. The van der Waals surface area contributed by atoms with Gasteiger partial charge < -0.3 is 15.2 Å². The van der Waals surface area contributed by atoms with Gasteiger partial charge in [-0.15, -0.1) is 0 Å². The molecule has 3 nitrogen and oxygen atoms in total. The van der Waals surface area contributed by atoms with Gasteiger partial charge in [0.15, 0.2) is 6.29 Å². The summed E-state index contributed by atoms with van der Waals surface area (Å²) >= 11 is 0. The minimum absolute atomic E-state index is 0.0841. The zero-order chi connectivity index (χ0) is 12.5. The van der Waals surface area contributed by atoms with Crippen molar-refractivity contribution in [2.75, 3.05) is 13.2 Å². The second-order valence-corrected chi connectivity index (χ2v) is 3.90. The third kappa shape index (κ3) is 5.31. The van der Waals surface area contributed by atoms with Gasteiger partial charge in [0.25, 0.3) is 0 Å². The van der Waals surface area contributed by atoms with Crippen molar-refractivity contribution < 1.29 is 9.47 Å². The maximum absolute atomic E-state index is 5.56. The van der Waals surface area contributed by atoms with Crippen LogP contribution in [0.15, 0.2) is 24.3 Å². The van der Waals surface area contributed by atoms with Crippen LogP contribution in [0.2, 0.25) is 0 Å². The Morgan fingerprint density at radius 1 is 1.00 bits per heavy atom. The Hall–Kier alpha value is -0.900. The van der Waals surface area contributed by atoms with Crippen molar-refractivity contribution in [2.24, 2.45) is 5.73 Å². The van der Waals surface area contributed by atoms with Crippen molar-refractivity contribution in [3.63, 3.8) is 0 Å². The van der Waals surface area contributed by atoms with Crippen LogP contribution in [0.3, 0.4) is 0 Å². The highest BCUT2D eigenvalue weighted by molar-refractivity contribution is 5.22. The fourth-order valence-corrected chi connectivity index (χ4v) is 1.71. The molecule has 0 saturated heterocycles. The van der Waals surface area contributed by atoms with Gasteiger partial charge in [-0.1, -0.05) is 24.3 Å². The van der Waals surface area contributed by atoms with E-state index in [0.29, 0.717) is 19.8 Å². The molecular formula is C14H23NO2. The maximum atomic E-state index is 5.56. The summed E-state index contributed by atoms with van der Waals surface area (Å²) in [6.45, 7) is 5.96. The Balaban J connectivity index is 2.41. The second kappa shape index (κ2) is 8.23. The van der Waals surface area contributed by atoms with E-state index in [0.717, 1.165) is 12.8 Å². The van der Waals surface area contributed by atoms with Crippen LogP contribution < -0.4 is 5.73 Å². The van der Waals surface area contributed by atoms with Crippen molar-refractivity contribution in [1.82, 2.24) is 0 Å². The van der Waals surface area contributed by atoms with E-state index in [1.54, 1.807) is 0 Å². The summed E-state index contributed by atoms with van der Waals surface area (Å²) in [5.41, 5.74) is 8.03. The molecule has 0 fully saturated rings. The summed E-state index contributed by atoms with van der Waals surface area (Å²) in [5, 5.41) is 0. The van der Waals surface area contributed by atoms with Crippen LogP contribution in [0.4, 0.5) is 0 Å². The number of benzene rings is 1. The highest BCUT2D eigenvalue weighted by Gasteiger charge is 2.07. The van der Waals surface area contributed by atoms with E-state index in [4.69, 9.17) is 15.2 Å². The van der Waals surface area contributed by atoms with E-state index in [1.165, 1.54) is 11.1 Å². The first-order valence-electron chi connectivity index (χ1n) is 6.31. The molecular weight excluding hydrogens is 214 g/mol. The zero-order valence-electron chi connectivity index (χ0n) is 10.8. The van der Waals surface area contributed by atoms with E-state index in [2.05, 4.69) is 24.3 Å². The predicted molar refractivity (Wildman–Crippen MR) is 69.7 cm³/mol. The van der Waals surface area contributed by atoms with Crippen molar-refractivity contribution >= 4 is 0 Å². The number of hydrogen-bond donors (Lipinski definition) is 1. The molecule has 0 atom stereocenters. The summed E-state index contributed by atoms with van der Waals surface area (Å²) in [6, 6.07) is 8.39. The molecule has 0 aliphatic carbocycles. The molecule has 1 aromatic rings. The quantitative estimate of drug-likeness (QED) is 0.706. The molecule has 0 heterocycles. The van der Waals surface area contributed by atoms with Crippen LogP contribution in [0.5, 0.6) is 0 Å². The van der Waals surface area contributed by atoms with Crippen LogP contribution >= 0.6 is 0 Å². The first-order valence-corrected chi connectivity index (χ1v) is 6.31. The zero-order valence-corrected chi connectivity index (χ0v) is 10.8. The van der Waals surface area contributed by atoms with Gasteiger partial charge in [-0.25, -0.2) is 0 Å². The monoisotopic (exact) mass is 237 g/mol. The molecule has 0 aromatic heterocycles. The lowest BCUT2D eigenvalue weighted by molar-refractivity contribution is -0.139. The summed E-state index contributed by atoms with van der Waals surface area (Å²) in [5.74, 6) is 0. The van der Waals surface area contributed by atoms with Crippen LogP contribution in [-0.2, 0) is 22.4 Å². The molecule has 0 saturated carbocycles. The minimum atomic E-state index is -0.0841. The largest absolute Gasteiger partial charge is 0.353 e. The molecule has 3 heteroatoms. The van der Waals surface area contributed by atoms with Crippen LogP contribution in [0, 0.1) is 0 Å².